The van der Waals surface area contributed by atoms with E-state index in [2.05, 4.69) is 15.2 Å². The average Bonchev–Trinajstić information content (AvgIpc) is 2.61. The third-order valence-corrected chi connectivity index (χ3v) is 2.41. The van der Waals surface area contributed by atoms with Crippen LogP contribution in [-0.4, -0.2) is 37.7 Å². The molecule has 0 atom stereocenters. The zero-order valence-corrected chi connectivity index (χ0v) is 10.0. The van der Waals surface area contributed by atoms with Crippen LogP contribution >= 0.6 is 0 Å². The molecule has 0 aliphatic carbocycles. The van der Waals surface area contributed by atoms with Crippen molar-refractivity contribution in [1.82, 2.24) is 19.7 Å². The first kappa shape index (κ1) is 10.9. The van der Waals surface area contributed by atoms with Crippen LogP contribution < -0.4 is 5.73 Å². The number of hydrogen-bond acceptors (Lipinski definition) is 3. The molecule has 1 aromatic heterocycles. The lowest BCUT2D eigenvalue weighted by Gasteiger charge is -2.29. The second-order valence-electron chi connectivity index (χ2n) is 5.00. The second kappa shape index (κ2) is 3.77. The lowest BCUT2D eigenvalue weighted by Crippen LogP contribution is -2.43. The molecule has 2 rings (SSSR count). The van der Waals surface area contributed by atoms with E-state index in [9.17, 15) is 0 Å². The van der Waals surface area contributed by atoms with E-state index in [1.165, 1.54) is 0 Å². The van der Waals surface area contributed by atoms with Gasteiger partial charge < -0.3 is 15.2 Å². The highest BCUT2D eigenvalue weighted by molar-refractivity contribution is 5.78. The summed E-state index contributed by atoms with van der Waals surface area (Å²) in [6.07, 6.45) is 1.75. The van der Waals surface area contributed by atoms with Crippen molar-refractivity contribution in [2.45, 2.75) is 39.4 Å². The minimum atomic E-state index is -0.144. The van der Waals surface area contributed by atoms with Gasteiger partial charge >= 0.3 is 0 Å². The number of aliphatic imine (C=N–C) groups is 1. The van der Waals surface area contributed by atoms with Crippen molar-refractivity contribution in [1.29, 1.82) is 0 Å². The van der Waals surface area contributed by atoms with Gasteiger partial charge in [0.25, 0.3) is 0 Å². The van der Waals surface area contributed by atoms with Crippen LogP contribution in [0.25, 0.3) is 0 Å². The van der Waals surface area contributed by atoms with E-state index in [1.54, 1.807) is 6.33 Å². The topological polar surface area (TPSA) is 72.3 Å². The first-order chi connectivity index (χ1) is 7.46. The summed E-state index contributed by atoms with van der Waals surface area (Å²) in [7, 11) is 0. The highest BCUT2D eigenvalue weighted by atomic mass is 15.4. The molecule has 0 spiro atoms. The van der Waals surface area contributed by atoms with Gasteiger partial charge in [-0.1, -0.05) is 0 Å². The van der Waals surface area contributed by atoms with Crippen LogP contribution in [-0.2, 0) is 13.1 Å². The zero-order chi connectivity index (χ0) is 11.8. The summed E-state index contributed by atoms with van der Waals surface area (Å²) in [6, 6.07) is 0. The van der Waals surface area contributed by atoms with E-state index in [0.717, 1.165) is 18.9 Å². The first-order valence-corrected chi connectivity index (χ1v) is 5.43. The molecule has 1 aromatic rings. The highest BCUT2D eigenvalue weighted by Gasteiger charge is 2.20. The van der Waals surface area contributed by atoms with Crippen molar-refractivity contribution < 1.29 is 0 Å². The van der Waals surface area contributed by atoms with Crippen LogP contribution in [0.2, 0.25) is 0 Å². The summed E-state index contributed by atoms with van der Waals surface area (Å²) < 4.78 is 2.04. The summed E-state index contributed by atoms with van der Waals surface area (Å²) in [5.74, 6) is 1.53. The van der Waals surface area contributed by atoms with E-state index in [1.807, 2.05) is 30.2 Å². The largest absolute Gasteiger partial charge is 0.370 e. The molecule has 0 saturated carbocycles. The van der Waals surface area contributed by atoms with Gasteiger partial charge in [0, 0.05) is 13.1 Å². The average molecular weight is 222 g/mol. The van der Waals surface area contributed by atoms with Gasteiger partial charge in [-0.15, -0.1) is 10.2 Å². The molecule has 6 nitrogen and oxygen atoms in total. The molecule has 0 saturated heterocycles. The van der Waals surface area contributed by atoms with Gasteiger partial charge in [-0.2, -0.15) is 0 Å². The molecular formula is C10H18N6. The van der Waals surface area contributed by atoms with Crippen LogP contribution in [0.5, 0.6) is 0 Å². The van der Waals surface area contributed by atoms with Gasteiger partial charge in [-0.05, 0) is 20.8 Å². The fourth-order valence-corrected chi connectivity index (χ4v) is 1.68. The summed E-state index contributed by atoms with van der Waals surface area (Å²) in [6.45, 7) is 8.51. The third kappa shape index (κ3) is 2.32. The van der Waals surface area contributed by atoms with Gasteiger partial charge in [0.1, 0.15) is 6.33 Å². The molecule has 16 heavy (non-hydrogen) atoms. The predicted octanol–water partition coefficient (Wildman–Crippen LogP) is 0.207. The molecule has 1 aliphatic rings. The van der Waals surface area contributed by atoms with Crippen LogP contribution in [0.1, 0.15) is 26.6 Å². The number of aromatic nitrogens is 3. The Kier molecular flexibility index (Phi) is 2.57. The van der Waals surface area contributed by atoms with Gasteiger partial charge in [0.2, 0.25) is 0 Å². The Balaban J connectivity index is 2.12. The Morgan fingerprint density at radius 3 is 2.88 bits per heavy atom. The molecule has 6 heteroatoms. The molecule has 2 heterocycles. The van der Waals surface area contributed by atoms with E-state index in [4.69, 9.17) is 5.73 Å². The number of nitrogens with zero attached hydrogens (tertiary/aromatic N) is 5. The Morgan fingerprint density at radius 2 is 2.19 bits per heavy atom. The van der Waals surface area contributed by atoms with Crippen LogP contribution in [0.3, 0.4) is 0 Å². The van der Waals surface area contributed by atoms with Crippen LogP contribution in [0.15, 0.2) is 11.3 Å². The Morgan fingerprint density at radius 1 is 1.44 bits per heavy atom. The summed E-state index contributed by atoms with van der Waals surface area (Å²) in [5, 5.41) is 7.92. The Labute approximate surface area is 95.2 Å². The van der Waals surface area contributed by atoms with Gasteiger partial charge in [0.05, 0.1) is 12.1 Å². The fourth-order valence-electron chi connectivity index (χ4n) is 1.68. The van der Waals surface area contributed by atoms with Crippen molar-refractivity contribution in [3.05, 3.63) is 12.2 Å². The number of hydrogen-bond donors (Lipinski definition) is 1. The molecule has 0 bridgehead atoms. The SMILES string of the molecule is CC(C)(C)N=C(N)N1CCn2cnnc2C1. The molecule has 0 aromatic carbocycles. The van der Waals surface area contributed by atoms with Crippen molar-refractivity contribution in [3.8, 4) is 0 Å². The predicted molar refractivity (Wildman–Crippen MR) is 61.8 cm³/mol. The maximum atomic E-state index is 5.98. The summed E-state index contributed by atoms with van der Waals surface area (Å²) >= 11 is 0. The molecular weight excluding hydrogens is 204 g/mol. The summed E-state index contributed by atoms with van der Waals surface area (Å²) in [5.41, 5.74) is 5.84. The van der Waals surface area contributed by atoms with E-state index in [-0.39, 0.29) is 5.54 Å². The first-order valence-electron chi connectivity index (χ1n) is 5.43. The molecule has 0 amide bonds. The zero-order valence-electron chi connectivity index (χ0n) is 10.0. The van der Waals surface area contributed by atoms with Gasteiger partial charge in [-0.3, -0.25) is 0 Å². The maximum absolute atomic E-state index is 5.98. The minimum Gasteiger partial charge on any atom is -0.370 e. The van der Waals surface area contributed by atoms with Crippen LogP contribution in [0, 0.1) is 0 Å². The molecule has 1 aliphatic heterocycles. The van der Waals surface area contributed by atoms with Crippen molar-refractivity contribution in [3.63, 3.8) is 0 Å². The minimum absolute atomic E-state index is 0.144. The second-order valence-corrected chi connectivity index (χ2v) is 5.00. The molecule has 88 valence electrons. The smallest absolute Gasteiger partial charge is 0.192 e. The van der Waals surface area contributed by atoms with Crippen molar-refractivity contribution in [2.24, 2.45) is 10.7 Å². The van der Waals surface area contributed by atoms with E-state index < -0.39 is 0 Å². The standard InChI is InChI=1S/C10H18N6/c1-10(2,3)13-9(11)15-4-5-16-7-12-14-8(16)6-15/h7H,4-6H2,1-3H3,(H2,11,13). The lowest BCUT2D eigenvalue weighted by molar-refractivity contribution is 0.322. The van der Waals surface area contributed by atoms with Crippen LogP contribution in [0.4, 0.5) is 0 Å². The highest BCUT2D eigenvalue weighted by Crippen LogP contribution is 2.11. The Bertz CT molecular complexity index is 400. The Hall–Kier alpha value is -1.59. The quantitative estimate of drug-likeness (QED) is 0.503. The maximum Gasteiger partial charge on any atom is 0.192 e. The number of nitrogens with two attached hydrogens (primary N) is 1. The number of fused-ring (bicyclic) bond motifs is 1. The monoisotopic (exact) mass is 222 g/mol. The number of rotatable bonds is 0. The normalized spacial score (nSPS) is 17.4. The molecule has 2 N–H and O–H groups in total. The van der Waals surface area contributed by atoms with Crippen molar-refractivity contribution >= 4 is 5.96 Å². The number of guanidine groups is 1. The van der Waals surface area contributed by atoms with Gasteiger partial charge in [-0.25, -0.2) is 4.99 Å². The molecule has 0 fully saturated rings. The fraction of sp³-hybridized carbons (Fsp3) is 0.700. The van der Waals surface area contributed by atoms with Crippen molar-refractivity contribution in [2.75, 3.05) is 6.54 Å². The molecule has 0 unspecified atom stereocenters. The third-order valence-electron chi connectivity index (χ3n) is 2.41. The molecule has 0 radical (unpaired) electrons. The van der Waals surface area contributed by atoms with E-state index >= 15 is 0 Å². The lowest BCUT2D eigenvalue weighted by atomic mass is 10.1. The summed E-state index contributed by atoms with van der Waals surface area (Å²) in [4.78, 5) is 6.49. The van der Waals surface area contributed by atoms with E-state index in [0.29, 0.717) is 12.5 Å². The van der Waals surface area contributed by atoms with Gasteiger partial charge in [0.15, 0.2) is 11.8 Å².